The molecule has 1 amide bonds. The van der Waals surface area contributed by atoms with Crippen LogP contribution in [0, 0.1) is 4.77 Å². The summed E-state index contributed by atoms with van der Waals surface area (Å²) >= 11 is 4.98. The van der Waals surface area contributed by atoms with Crippen LogP contribution in [0.1, 0.15) is 55.3 Å². The van der Waals surface area contributed by atoms with Crippen molar-refractivity contribution in [1.29, 1.82) is 0 Å². The maximum atomic E-state index is 12.5. The number of hydrogen-bond acceptors (Lipinski definition) is 3. The van der Waals surface area contributed by atoms with Gasteiger partial charge in [0, 0.05) is 11.6 Å². The third-order valence-electron chi connectivity index (χ3n) is 4.44. The van der Waals surface area contributed by atoms with Gasteiger partial charge in [-0.3, -0.25) is 14.6 Å². The molecule has 1 aromatic carbocycles. The van der Waals surface area contributed by atoms with Crippen molar-refractivity contribution in [1.82, 2.24) is 15.3 Å². The lowest BCUT2D eigenvalue weighted by atomic mass is 9.96. The molecule has 0 spiro atoms. The molecule has 1 aliphatic carbocycles. The average Bonchev–Trinajstić information content (AvgIpc) is 2.49. The molecule has 122 valence electrons. The quantitative estimate of drug-likeness (QED) is 0.738. The Balaban J connectivity index is 1.80. The van der Waals surface area contributed by atoms with Gasteiger partial charge in [-0.2, -0.15) is 0 Å². The highest BCUT2D eigenvalue weighted by atomic mass is 32.1. The van der Waals surface area contributed by atoms with Crippen molar-refractivity contribution in [2.75, 3.05) is 0 Å². The number of carbonyl (C=O) groups excluding carboxylic acids is 1. The number of carbonyl (C=O) groups is 1. The predicted octanol–water partition coefficient (Wildman–Crippen LogP) is 3.43. The molecule has 1 aromatic heterocycles. The lowest BCUT2D eigenvalue weighted by molar-refractivity contribution is 0.0930. The highest BCUT2D eigenvalue weighted by molar-refractivity contribution is 7.71. The van der Waals surface area contributed by atoms with Gasteiger partial charge in [0.05, 0.1) is 10.9 Å². The third kappa shape index (κ3) is 3.88. The summed E-state index contributed by atoms with van der Waals surface area (Å²) < 4.78 is 0.264. The first-order chi connectivity index (χ1) is 11.1. The van der Waals surface area contributed by atoms with Gasteiger partial charge in [-0.15, -0.1) is 0 Å². The highest BCUT2D eigenvalue weighted by Crippen LogP contribution is 2.18. The molecule has 1 fully saturated rings. The zero-order valence-electron chi connectivity index (χ0n) is 13.0. The number of rotatable bonds is 2. The third-order valence-corrected chi connectivity index (χ3v) is 4.65. The number of amides is 1. The molecule has 2 aromatic rings. The van der Waals surface area contributed by atoms with E-state index in [4.69, 9.17) is 12.2 Å². The van der Waals surface area contributed by atoms with Crippen LogP contribution in [0.5, 0.6) is 0 Å². The van der Waals surface area contributed by atoms with Crippen molar-refractivity contribution in [3.8, 4) is 0 Å². The number of hydrogen-bond donors (Lipinski definition) is 3. The van der Waals surface area contributed by atoms with E-state index in [9.17, 15) is 9.59 Å². The van der Waals surface area contributed by atoms with Crippen molar-refractivity contribution < 1.29 is 4.79 Å². The van der Waals surface area contributed by atoms with Gasteiger partial charge in [0.15, 0.2) is 4.77 Å². The molecule has 3 rings (SSSR count). The number of fused-ring (bicyclic) bond motifs is 1. The van der Waals surface area contributed by atoms with Crippen LogP contribution in [0.4, 0.5) is 0 Å². The van der Waals surface area contributed by atoms with E-state index in [0.717, 1.165) is 12.8 Å². The first kappa shape index (κ1) is 15.9. The molecule has 0 unspecified atom stereocenters. The Morgan fingerprint density at radius 3 is 2.52 bits per heavy atom. The molecule has 23 heavy (non-hydrogen) atoms. The zero-order valence-corrected chi connectivity index (χ0v) is 13.8. The van der Waals surface area contributed by atoms with Crippen molar-refractivity contribution in [2.45, 2.75) is 51.0 Å². The molecule has 0 atom stereocenters. The van der Waals surface area contributed by atoms with E-state index >= 15 is 0 Å². The van der Waals surface area contributed by atoms with Crippen LogP contribution in [0.25, 0.3) is 10.9 Å². The summed E-state index contributed by atoms with van der Waals surface area (Å²) in [5.74, 6) is -0.0860. The minimum Gasteiger partial charge on any atom is -0.349 e. The second kappa shape index (κ2) is 7.08. The Bertz CT molecular complexity index is 816. The standard InChI is InChI=1S/C17H21N3O2S/c21-15(18-12-6-4-2-1-3-5-7-12)11-8-9-13-14(10-11)19-17(23)20-16(13)22/h8-10,12H,1-7H2,(H,18,21)(H2,19,20,22,23). The number of H-pyrrole nitrogens is 2. The summed E-state index contributed by atoms with van der Waals surface area (Å²) in [5.41, 5.74) is 0.899. The van der Waals surface area contributed by atoms with Crippen LogP contribution >= 0.6 is 12.2 Å². The molecule has 6 heteroatoms. The monoisotopic (exact) mass is 331 g/mol. The molecule has 0 aliphatic heterocycles. The Labute approximate surface area is 139 Å². The van der Waals surface area contributed by atoms with Crippen LogP contribution in [0.15, 0.2) is 23.0 Å². The topological polar surface area (TPSA) is 77.8 Å². The van der Waals surface area contributed by atoms with Crippen molar-refractivity contribution in [3.05, 3.63) is 38.9 Å². The summed E-state index contributed by atoms with van der Waals surface area (Å²) in [6.45, 7) is 0. The van der Waals surface area contributed by atoms with Crippen LogP contribution in [-0.4, -0.2) is 21.9 Å². The van der Waals surface area contributed by atoms with Gasteiger partial charge in [0.25, 0.3) is 11.5 Å². The summed E-state index contributed by atoms with van der Waals surface area (Å²) in [4.78, 5) is 29.8. The molecule has 0 bridgehead atoms. The first-order valence-corrected chi connectivity index (χ1v) is 8.61. The fraction of sp³-hybridized carbons (Fsp3) is 0.471. The van der Waals surface area contributed by atoms with E-state index in [1.807, 2.05) is 0 Å². The number of nitrogens with one attached hydrogen (secondary N) is 3. The highest BCUT2D eigenvalue weighted by Gasteiger charge is 2.15. The molecule has 5 nitrogen and oxygen atoms in total. The van der Waals surface area contributed by atoms with Crippen LogP contribution in [0.2, 0.25) is 0 Å². The maximum absolute atomic E-state index is 12.5. The summed E-state index contributed by atoms with van der Waals surface area (Å²) in [5, 5.41) is 3.63. The van der Waals surface area contributed by atoms with E-state index in [-0.39, 0.29) is 22.3 Å². The van der Waals surface area contributed by atoms with Gasteiger partial charge in [0.2, 0.25) is 0 Å². The van der Waals surface area contributed by atoms with Gasteiger partial charge in [-0.05, 0) is 43.3 Å². The van der Waals surface area contributed by atoms with E-state index < -0.39 is 0 Å². The largest absolute Gasteiger partial charge is 0.349 e. The first-order valence-electron chi connectivity index (χ1n) is 8.21. The zero-order chi connectivity index (χ0) is 16.2. The van der Waals surface area contributed by atoms with Crippen molar-refractivity contribution in [3.63, 3.8) is 0 Å². The molecule has 0 radical (unpaired) electrons. The Kier molecular flexibility index (Phi) is 4.91. The summed E-state index contributed by atoms with van der Waals surface area (Å²) in [7, 11) is 0. The average molecular weight is 331 g/mol. The van der Waals surface area contributed by atoms with E-state index in [1.54, 1.807) is 18.2 Å². The molecule has 0 saturated heterocycles. The number of benzene rings is 1. The smallest absolute Gasteiger partial charge is 0.259 e. The molecule has 1 saturated carbocycles. The van der Waals surface area contributed by atoms with E-state index in [1.165, 1.54) is 32.1 Å². The number of aromatic nitrogens is 2. The van der Waals surface area contributed by atoms with E-state index in [2.05, 4.69) is 15.3 Å². The van der Waals surface area contributed by atoms with Gasteiger partial charge < -0.3 is 10.3 Å². The molecule has 3 N–H and O–H groups in total. The van der Waals surface area contributed by atoms with Crippen molar-refractivity contribution in [2.24, 2.45) is 0 Å². The van der Waals surface area contributed by atoms with Crippen LogP contribution < -0.4 is 10.9 Å². The molecular weight excluding hydrogens is 310 g/mol. The van der Waals surface area contributed by atoms with Gasteiger partial charge in [-0.25, -0.2) is 0 Å². The van der Waals surface area contributed by atoms with Gasteiger partial charge >= 0.3 is 0 Å². The van der Waals surface area contributed by atoms with Crippen LogP contribution in [0.3, 0.4) is 0 Å². The van der Waals surface area contributed by atoms with Crippen molar-refractivity contribution >= 4 is 29.0 Å². The molecular formula is C17H21N3O2S. The SMILES string of the molecule is O=C(NC1CCCCCCC1)c1ccc2c(=O)[nH]c(=S)[nH]c2c1. The van der Waals surface area contributed by atoms with Gasteiger partial charge in [-0.1, -0.05) is 32.1 Å². The fourth-order valence-electron chi connectivity index (χ4n) is 3.18. The summed E-state index contributed by atoms with van der Waals surface area (Å²) in [6.07, 6.45) is 8.24. The Hall–Kier alpha value is -1.95. The molecule has 1 aliphatic rings. The van der Waals surface area contributed by atoms with Gasteiger partial charge in [0.1, 0.15) is 0 Å². The lowest BCUT2D eigenvalue weighted by Crippen LogP contribution is -2.35. The second-order valence-corrected chi connectivity index (χ2v) is 6.59. The fourth-order valence-corrected chi connectivity index (χ4v) is 3.38. The number of aromatic amines is 2. The Morgan fingerprint density at radius 2 is 1.78 bits per heavy atom. The minimum absolute atomic E-state index is 0.0860. The Morgan fingerprint density at radius 1 is 1.09 bits per heavy atom. The minimum atomic E-state index is -0.240. The normalized spacial score (nSPS) is 16.7. The predicted molar refractivity (Wildman–Crippen MR) is 93.3 cm³/mol. The lowest BCUT2D eigenvalue weighted by Gasteiger charge is -2.21. The van der Waals surface area contributed by atoms with Crippen LogP contribution in [-0.2, 0) is 0 Å². The maximum Gasteiger partial charge on any atom is 0.259 e. The second-order valence-electron chi connectivity index (χ2n) is 6.18. The summed E-state index contributed by atoms with van der Waals surface area (Å²) in [6, 6.07) is 5.29. The van der Waals surface area contributed by atoms with E-state index in [0.29, 0.717) is 16.5 Å². The molecule has 1 heterocycles.